The predicted octanol–water partition coefficient (Wildman–Crippen LogP) is 1.74. The molecule has 0 unspecified atom stereocenters. The summed E-state index contributed by atoms with van der Waals surface area (Å²) in [6.45, 7) is 4.54. The zero-order chi connectivity index (χ0) is 16.4. The van der Waals surface area contributed by atoms with Crippen LogP contribution in [0.5, 0.6) is 0 Å². The molecule has 1 aliphatic heterocycles. The Morgan fingerprint density at radius 3 is 2.70 bits per heavy atom. The van der Waals surface area contributed by atoms with Gasteiger partial charge in [-0.2, -0.15) is 9.64 Å². The van der Waals surface area contributed by atoms with Crippen molar-refractivity contribution < 1.29 is 9.90 Å². The maximum atomic E-state index is 11.3. The fourth-order valence-electron chi connectivity index (χ4n) is 2.64. The molecule has 0 aromatic carbocycles. The average Bonchev–Trinajstić information content (AvgIpc) is 2.95. The Hall–Kier alpha value is -2.66. The molecule has 0 saturated carbocycles. The van der Waals surface area contributed by atoms with Crippen molar-refractivity contribution in [2.45, 2.75) is 6.92 Å². The molecule has 3 heterocycles. The number of piperazine rings is 1. The van der Waals surface area contributed by atoms with Gasteiger partial charge in [0.2, 0.25) is 0 Å². The van der Waals surface area contributed by atoms with E-state index in [1.807, 2.05) is 11.8 Å². The van der Waals surface area contributed by atoms with Crippen LogP contribution in [0.2, 0.25) is 0 Å². The van der Waals surface area contributed by atoms with Gasteiger partial charge in [0.05, 0.1) is 5.69 Å². The average molecular weight is 329 g/mol. The number of aromatic nitrogens is 2. The monoisotopic (exact) mass is 329 g/mol. The number of carbonyl (C=O) groups is 1. The Morgan fingerprint density at radius 2 is 2.04 bits per heavy atom. The minimum Gasteiger partial charge on any atom is -0.478 e. The molecule has 3 rings (SSSR count). The first-order chi connectivity index (χ1) is 11.1. The molecule has 0 bridgehead atoms. The Morgan fingerprint density at radius 1 is 1.35 bits per heavy atom. The zero-order valence-corrected chi connectivity index (χ0v) is 13.4. The molecular formula is C15H15N5O2S. The molecule has 1 saturated heterocycles. The van der Waals surface area contributed by atoms with Gasteiger partial charge >= 0.3 is 5.97 Å². The fourth-order valence-corrected chi connectivity index (χ4v) is 3.54. The molecule has 8 heteroatoms. The van der Waals surface area contributed by atoms with E-state index >= 15 is 0 Å². The van der Waals surface area contributed by atoms with E-state index in [4.69, 9.17) is 0 Å². The topological polar surface area (TPSA) is 93.3 Å². The van der Waals surface area contributed by atoms with Crippen molar-refractivity contribution in [1.82, 2.24) is 9.36 Å². The van der Waals surface area contributed by atoms with Gasteiger partial charge in [-0.05, 0) is 30.6 Å². The SMILES string of the molecule is Cc1nsc(N2CCN(c3ncccc3C(=O)O)CC2)c1C#N. The van der Waals surface area contributed by atoms with E-state index in [2.05, 4.69) is 20.3 Å². The third-order valence-corrected chi connectivity index (χ3v) is 4.84. The molecule has 0 atom stereocenters. The minimum absolute atomic E-state index is 0.215. The highest BCUT2D eigenvalue weighted by Gasteiger charge is 2.25. The van der Waals surface area contributed by atoms with Crippen molar-refractivity contribution in [3.63, 3.8) is 0 Å². The van der Waals surface area contributed by atoms with Gasteiger partial charge in [0.1, 0.15) is 28.0 Å². The first kappa shape index (κ1) is 15.2. The molecule has 1 N–H and O–H groups in total. The van der Waals surface area contributed by atoms with E-state index in [-0.39, 0.29) is 5.56 Å². The lowest BCUT2D eigenvalue weighted by atomic mass is 10.2. The molecule has 0 aliphatic carbocycles. The summed E-state index contributed by atoms with van der Waals surface area (Å²) in [4.78, 5) is 19.6. The first-order valence-corrected chi connectivity index (χ1v) is 7.93. The van der Waals surface area contributed by atoms with Crippen LogP contribution in [-0.2, 0) is 0 Å². The van der Waals surface area contributed by atoms with Crippen LogP contribution in [0.3, 0.4) is 0 Å². The van der Waals surface area contributed by atoms with E-state index in [1.54, 1.807) is 18.3 Å². The summed E-state index contributed by atoms with van der Waals surface area (Å²) in [5.41, 5.74) is 1.60. The summed E-state index contributed by atoms with van der Waals surface area (Å²) in [6, 6.07) is 5.40. The van der Waals surface area contributed by atoms with Gasteiger partial charge in [0.25, 0.3) is 0 Å². The summed E-state index contributed by atoms with van der Waals surface area (Å²) in [7, 11) is 0. The van der Waals surface area contributed by atoms with Gasteiger partial charge in [-0.1, -0.05) is 0 Å². The van der Waals surface area contributed by atoms with Crippen LogP contribution in [0.25, 0.3) is 0 Å². The van der Waals surface area contributed by atoms with Gasteiger partial charge < -0.3 is 14.9 Å². The number of carboxylic acid groups (broad SMARTS) is 1. The Balaban J connectivity index is 1.77. The highest BCUT2D eigenvalue weighted by molar-refractivity contribution is 7.10. The lowest BCUT2D eigenvalue weighted by Crippen LogP contribution is -2.47. The number of carboxylic acids is 1. The van der Waals surface area contributed by atoms with Gasteiger partial charge in [-0.3, -0.25) is 0 Å². The summed E-state index contributed by atoms with van der Waals surface area (Å²) in [5.74, 6) is -0.471. The standard InChI is InChI=1S/C15H15N5O2S/c1-10-12(9-16)14(23-18-10)20-7-5-19(6-8-20)13-11(15(21)22)3-2-4-17-13/h2-4H,5-8H2,1H3,(H,21,22). The zero-order valence-electron chi connectivity index (χ0n) is 12.6. The smallest absolute Gasteiger partial charge is 0.339 e. The van der Waals surface area contributed by atoms with E-state index in [0.29, 0.717) is 37.6 Å². The van der Waals surface area contributed by atoms with Gasteiger partial charge in [-0.25, -0.2) is 9.78 Å². The van der Waals surface area contributed by atoms with Crippen molar-refractivity contribution in [3.8, 4) is 6.07 Å². The van der Waals surface area contributed by atoms with Crippen LogP contribution >= 0.6 is 11.5 Å². The first-order valence-electron chi connectivity index (χ1n) is 7.16. The summed E-state index contributed by atoms with van der Waals surface area (Å²) in [6.07, 6.45) is 1.61. The number of aryl methyl sites for hydroxylation is 1. The molecule has 23 heavy (non-hydrogen) atoms. The van der Waals surface area contributed by atoms with Crippen LogP contribution in [-0.4, -0.2) is 46.6 Å². The number of nitriles is 1. The summed E-state index contributed by atoms with van der Waals surface area (Å²) in [5, 5.41) is 19.4. The number of pyridine rings is 1. The van der Waals surface area contributed by atoms with Crippen molar-refractivity contribution in [2.75, 3.05) is 36.0 Å². The normalized spacial score (nSPS) is 14.6. The fraction of sp³-hybridized carbons (Fsp3) is 0.333. The van der Waals surface area contributed by atoms with Crippen LogP contribution in [0.15, 0.2) is 18.3 Å². The highest BCUT2D eigenvalue weighted by Crippen LogP contribution is 2.29. The van der Waals surface area contributed by atoms with Crippen LogP contribution in [0.4, 0.5) is 10.8 Å². The third-order valence-electron chi connectivity index (χ3n) is 3.84. The number of rotatable bonds is 3. The quantitative estimate of drug-likeness (QED) is 0.916. The maximum absolute atomic E-state index is 11.3. The second-order valence-electron chi connectivity index (χ2n) is 5.21. The minimum atomic E-state index is -0.972. The predicted molar refractivity (Wildman–Crippen MR) is 87.2 cm³/mol. The molecule has 1 fully saturated rings. The van der Waals surface area contributed by atoms with Crippen molar-refractivity contribution in [3.05, 3.63) is 35.2 Å². The number of hydrogen-bond donors (Lipinski definition) is 1. The summed E-state index contributed by atoms with van der Waals surface area (Å²) < 4.78 is 4.25. The lowest BCUT2D eigenvalue weighted by molar-refractivity contribution is 0.0697. The second kappa shape index (κ2) is 6.22. The van der Waals surface area contributed by atoms with E-state index < -0.39 is 5.97 Å². The Bertz CT molecular complexity index is 774. The molecule has 0 radical (unpaired) electrons. The number of nitrogens with zero attached hydrogens (tertiary/aromatic N) is 5. The van der Waals surface area contributed by atoms with Crippen LogP contribution in [0.1, 0.15) is 21.6 Å². The van der Waals surface area contributed by atoms with Gasteiger partial charge in [0, 0.05) is 32.4 Å². The van der Waals surface area contributed by atoms with Crippen molar-refractivity contribution in [2.24, 2.45) is 0 Å². The molecule has 0 amide bonds. The maximum Gasteiger partial charge on any atom is 0.339 e. The number of aromatic carboxylic acids is 1. The van der Waals surface area contributed by atoms with Crippen LogP contribution in [0, 0.1) is 18.3 Å². The van der Waals surface area contributed by atoms with Gasteiger partial charge in [0.15, 0.2) is 0 Å². The summed E-state index contributed by atoms with van der Waals surface area (Å²) >= 11 is 1.34. The van der Waals surface area contributed by atoms with Gasteiger partial charge in [-0.15, -0.1) is 0 Å². The van der Waals surface area contributed by atoms with E-state index in [0.717, 1.165) is 10.7 Å². The number of hydrogen-bond acceptors (Lipinski definition) is 7. The molecule has 7 nitrogen and oxygen atoms in total. The largest absolute Gasteiger partial charge is 0.478 e. The highest BCUT2D eigenvalue weighted by atomic mass is 32.1. The molecular weight excluding hydrogens is 314 g/mol. The third kappa shape index (κ3) is 2.83. The molecule has 0 spiro atoms. The Labute approximate surface area is 137 Å². The Kier molecular flexibility index (Phi) is 4.12. The molecule has 2 aromatic heterocycles. The number of anilines is 2. The molecule has 118 valence electrons. The van der Waals surface area contributed by atoms with E-state index in [9.17, 15) is 15.2 Å². The second-order valence-corrected chi connectivity index (χ2v) is 5.97. The van der Waals surface area contributed by atoms with Crippen LogP contribution < -0.4 is 9.80 Å². The van der Waals surface area contributed by atoms with Crippen molar-refractivity contribution in [1.29, 1.82) is 5.26 Å². The molecule has 1 aliphatic rings. The lowest BCUT2D eigenvalue weighted by Gasteiger charge is -2.36. The molecule has 2 aromatic rings. The van der Waals surface area contributed by atoms with Crippen molar-refractivity contribution >= 4 is 28.3 Å². The van der Waals surface area contributed by atoms with E-state index in [1.165, 1.54) is 11.5 Å².